The molecule has 3 rings (SSSR count). The normalized spacial score (nSPS) is 18.6. The van der Waals surface area contributed by atoms with Gasteiger partial charge in [0.05, 0.1) is 24.7 Å². The molecule has 6 nitrogen and oxygen atoms in total. The Morgan fingerprint density at radius 1 is 1.15 bits per heavy atom. The van der Waals surface area contributed by atoms with Crippen LogP contribution in [0.5, 0.6) is 5.75 Å². The molecule has 1 heterocycles. The summed E-state index contributed by atoms with van der Waals surface area (Å²) in [6, 6.07) is 16.5. The van der Waals surface area contributed by atoms with Crippen LogP contribution in [0.15, 0.2) is 59.5 Å². The number of morpholine rings is 1. The molecule has 1 atom stereocenters. The van der Waals surface area contributed by atoms with Crippen LogP contribution >= 0.6 is 0 Å². The minimum Gasteiger partial charge on any atom is -0.497 e. The Kier molecular flexibility index (Phi) is 6.26. The summed E-state index contributed by atoms with van der Waals surface area (Å²) in [6.45, 7) is 3.20. The van der Waals surface area contributed by atoms with E-state index < -0.39 is 10.0 Å². The van der Waals surface area contributed by atoms with Crippen LogP contribution in [-0.4, -0.2) is 53.2 Å². The Labute approximate surface area is 154 Å². The van der Waals surface area contributed by atoms with Gasteiger partial charge in [-0.3, -0.25) is 4.90 Å². The highest BCUT2D eigenvalue weighted by Crippen LogP contribution is 2.21. The second kappa shape index (κ2) is 8.64. The van der Waals surface area contributed by atoms with E-state index in [9.17, 15) is 8.42 Å². The predicted octanol–water partition coefficient (Wildman–Crippen LogP) is 2.05. The first kappa shape index (κ1) is 18.8. The van der Waals surface area contributed by atoms with Gasteiger partial charge in [-0.15, -0.1) is 0 Å². The summed E-state index contributed by atoms with van der Waals surface area (Å²) in [5.74, 6) is 0.629. The summed E-state index contributed by atoms with van der Waals surface area (Å²) in [7, 11) is -1.97. The van der Waals surface area contributed by atoms with E-state index in [1.165, 1.54) is 0 Å². The molecule has 1 aliphatic heterocycles. The van der Waals surface area contributed by atoms with Crippen molar-refractivity contribution in [2.75, 3.05) is 39.9 Å². The number of nitrogens with one attached hydrogen (secondary N) is 1. The number of methoxy groups -OCH3 is 1. The predicted molar refractivity (Wildman–Crippen MR) is 99.8 cm³/mol. The van der Waals surface area contributed by atoms with Crippen LogP contribution in [0.25, 0.3) is 0 Å². The van der Waals surface area contributed by atoms with Gasteiger partial charge in [-0.25, -0.2) is 13.1 Å². The maximum Gasteiger partial charge on any atom is 0.240 e. The quantitative estimate of drug-likeness (QED) is 0.801. The molecule has 1 aliphatic rings. The Morgan fingerprint density at radius 2 is 1.88 bits per heavy atom. The van der Waals surface area contributed by atoms with E-state index in [4.69, 9.17) is 9.47 Å². The van der Waals surface area contributed by atoms with Crippen LogP contribution in [0.4, 0.5) is 0 Å². The monoisotopic (exact) mass is 376 g/mol. The third kappa shape index (κ3) is 4.82. The van der Waals surface area contributed by atoms with Crippen molar-refractivity contribution in [1.29, 1.82) is 0 Å². The molecule has 0 saturated carbocycles. The van der Waals surface area contributed by atoms with Crippen molar-refractivity contribution in [3.63, 3.8) is 0 Å². The lowest BCUT2D eigenvalue weighted by molar-refractivity contribution is -0.0291. The van der Waals surface area contributed by atoms with Gasteiger partial charge >= 0.3 is 0 Å². The van der Waals surface area contributed by atoms with Crippen LogP contribution in [-0.2, 0) is 14.8 Å². The molecule has 140 valence electrons. The first-order valence-corrected chi connectivity index (χ1v) is 10.1. The van der Waals surface area contributed by atoms with E-state index in [0.717, 1.165) is 18.7 Å². The van der Waals surface area contributed by atoms with Crippen molar-refractivity contribution in [1.82, 2.24) is 9.62 Å². The van der Waals surface area contributed by atoms with Crippen LogP contribution in [0, 0.1) is 0 Å². The number of ether oxygens (including phenoxy) is 2. The van der Waals surface area contributed by atoms with Gasteiger partial charge in [0.1, 0.15) is 5.75 Å². The lowest BCUT2D eigenvalue weighted by Crippen LogP contribution is -2.42. The molecule has 1 saturated heterocycles. The fourth-order valence-corrected chi connectivity index (χ4v) is 3.97. The zero-order chi connectivity index (χ0) is 18.4. The van der Waals surface area contributed by atoms with Gasteiger partial charge in [0.15, 0.2) is 0 Å². The topological polar surface area (TPSA) is 67.9 Å². The summed E-state index contributed by atoms with van der Waals surface area (Å²) >= 11 is 0. The molecule has 0 aromatic heterocycles. The lowest BCUT2D eigenvalue weighted by atomic mass is 10.1. The van der Waals surface area contributed by atoms with Gasteiger partial charge < -0.3 is 9.47 Å². The van der Waals surface area contributed by atoms with Crippen molar-refractivity contribution in [3.8, 4) is 5.75 Å². The van der Waals surface area contributed by atoms with Crippen molar-refractivity contribution in [2.24, 2.45) is 0 Å². The summed E-state index contributed by atoms with van der Waals surface area (Å²) in [5, 5.41) is 0. The highest BCUT2D eigenvalue weighted by molar-refractivity contribution is 7.89. The Bertz CT molecular complexity index is 794. The molecule has 0 radical (unpaired) electrons. The summed E-state index contributed by atoms with van der Waals surface area (Å²) in [6.07, 6.45) is 0.0307. The van der Waals surface area contributed by atoms with Crippen LogP contribution in [0.3, 0.4) is 0 Å². The maximum absolute atomic E-state index is 12.4. The Balaban J connectivity index is 1.52. The van der Waals surface area contributed by atoms with E-state index in [1.807, 2.05) is 18.2 Å². The van der Waals surface area contributed by atoms with Crippen molar-refractivity contribution >= 4 is 10.0 Å². The summed E-state index contributed by atoms with van der Waals surface area (Å²) < 4.78 is 38.3. The molecule has 1 N–H and O–H groups in total. The second-order valence-corrected chi connectivity index (χ2v) is 7.91. The number of benzene rings is 2. The van der Waals surface area contributed by atoms with E-state index in [0.29, 0.717) is 25.4 Å². The summed E-state index contributed by atoms with van der Waals surface area (Å²) in [5.41, 5.74) is 1.15. The molecule has 0 amide bonds. The van der Waals surface area contributed by atoms with Crippen LogP contribution < -0.4 is 9.46 Å². The molecule has 0 aliphatic carbocycles. The molecular formula is C19H24N2O4S. The van der Waals surface area contributed by atoms with Gasteiger partial charge in [-0.05, 0) is 29.8 Å². The average Bonchev–Trinajstić information content (AvgIpc) is 2.69. The zero-order valence-corrected chi connectivity index (χ0v) is 15.6. The minimum atomic E-state index is -3.52. The van der Waals surface area contributed by atoms with E-state index in [2.05, 4.69) is 21.8 Å². The molecule has 2 aromatic rings. The SMILES string of the molecule is COc1ccc(S(=O)(=O)NCCN2CCO[C@@H](c3ccccc3)C2)cc1. The van der Waals surface area contributed by atoms with Crippen molar-refractivity contribution < 1.29 is 17.9 Å². The first-order chi connectivity index (χ1) is 12.6. The van der Waals surface area contributed by atoms with Gasteiger partial charge in [-0.2, -0.15) is 0 Å². The standard InChI is InChI=1S/C19H24N2O4S/c1-24-17-7-9-18(10-8-17)26(22,23)20-11-12-21-13-14-25-19(15-21)16-5-3-2-4-6-16/h2-10,19-20H,11-15H2,1H3/t19-/m1/s1. The molecule has 26 heavy (non-hydrogen) atoms. The average molecular weight is 376 g/mol. The highest BCUT2D eigenvalue weighted by Gasteiger charge is 2.22. The number of hydrogen-bond donors (Lipinski definition) is 1. The summed E-state index contributed by atoms with van der Waals surface area (Å²) in [4.78, 5) is 2.46. The number of sulfonamides is 1. The third-order valence-electron chi connectivity index (χ3n) is 4.41. The molecule has 1 fully saturated rings. The first-order valence-electron chi connectivity index (χ1n) is 8.61. The number of hydrogen-bond acceptors (Lipinski definition) is 5. The molecule has 0 spiro atoms. The van der Waals surface area contributed by atoms with E-state index in [1.54, 1.807) is 31.4 Å². The Morgan fingerprint density at radius 3 is 2.58 bits per heavy atom. The van der Waals surface area contributed by atoms with E-state index in [-0.39, 0.29) is 11.0 Å². The third-order valence-corrected chi connectivity index (χ3v) is 5.89. The van der Waals surface area contributed by atoms with Crippen molar-refractivity contribution in [2.45, 2.75) is 11.0 Å². The minimum absolute atomic E-state index is 0.0307. The van der Waals surface area contributed by atoms with Gasteiger partial charge in [-0.1, -0.05) is 30.3 Å². The smallest absolute Gasteiger partial charge is 0.240 e. The molecule has 0 unspecified atom stereocenters. The lowest BCUT2D eigenvalue weighted by Gasteiger charge is -2.33. The molecular weight excluding hydrogens is 352 g/mol. The molecule has 7 heteroatoms. The van der Waals surface area contributed by atoms with Crippen LogP contribution in [0.2, 0.25) is 0 Å². The van der Waals surface area contributed by atoms with E-state index >= 15 is 0 Å². The van der Waals surface area contributed by atoms with Crippen LogP contribution in [0.1, 0.15) is 11.7 Å². The fraction of sp³-hybridized carbons (Fsp3) is 0.368. The molecule has 2 aromatic carbocycles. The zero-order valence-electron chi connectivity index (χ0n) is 14.8. The van der Waals surface area contributed by atoms with Crippen molar-refractivity contribution in [3.05, 3.63) is 60.2 Å². The van der Waals surface area contributed by atoms with Gasteiger partial charge in [0.2, 0.25) is 10.0 Å². The highest BCUT2D eigenvalue weighted by atomic mass is 32.2. The number of nitrogens with zero attached hydrogens (tertiary/aromatic N) is 1. The fourth-order valence-electron chi connectivity index (χ4n) is 2.95. The second-order valence-electron chi connectivity index (χ2n) is 6.14. The largest absolute Gasteiger partial charge is 0.497 e. The van der Waals surface area contributed by atoms with Gasteiger partial charge in [0, 0.05) is 26.2 Å². The van der Waals surface area contributed by atoms with Gasteiger partial charge in [0.25, 0.3) is 0 Å². The number of rotatable bonds is 7. The molecule has 0 bridgehead atoms. The Hall–Kier alpha value is -1.93. The maximum atomic E-state index is 12.4.